The summed E-state index contributed by atoms with van der Waals surface area (Å²) in [6.45, 7) is 5.81. The molecule has 2 rings (SSSR count). The molecule has 1 aromatic carbocycles. The van der Waals surface area contributed by atoms with E-state index in [0.29, 0.717) is 6.54 Å². The van der Waals surface area contributed by atoms with E-state index < -0.39 is 0 Å². The Balaban J connectivity index is 1.81. The summed E-state index contributed by atoms with van der Waals surface area (Å²) in [7, 11) is 1.64. The lowest BCUT2D eigenvalue weighted by atomic mass is 10.2. The van der Waals surface area contributed by atoms with E-state index in [1.807, 2.05) is 31.2 Å². The van der Waals surface area contributed by atoms with Crippen molar-refractivity contribution in [2.24, 2.45) is 0 Å². The molecule has 110 valence electrons. The van der Waals surface area contributed by atoms with Gasteiger partial charge in [-0.15, -0.1) is 0 Å². The van der Waals surface area contributed by atoms with Gasteiger partial charge in [-0.3, -0.25) is 4.79 Å². The third-order valence-electron chi connectivity index (χ3n) is 3.77. The third kappa shape index (κ3) is 3.95. The van der Waals surface area contributed by atoms with Crippen LogP contribution in [0.5, 0.6) is 5.75 Å². The lowest BCUT2D eigenvalue weighted by Crippen LogP contribution is -3.18. The molecule has 5 nitrogen and oxygen atoms in total. The van der Waals surface area contributed by atoms with Crippen LogP contribution in [0.1, 0.15) is 12.5 Å². The molecule has 0 unspecified atom stereocenters. The van der Waals surface area contributed by atoms with Crippen molar-refractivity contribution in [2.75, 3.05) is 33.4 Å². The number of hydrogen-bond donors (Lipinski definition) is 2. The number of nitrogens with one attached hydrogen (secondary N) is 2. The van der Waals surface area contributed by atoms with Gasteiger partial charge in [0.05, 0.1) is 20.3 Å². The molecule has 1 aliphatic rings. The van der Waals surface area contributed by atoms with Gasteiger partial charge in [0.25, 0.3) is 5.91 Å². The van der Waals surface area contributed by atoms with Gasteiger partial charge >= 0.3 is 0 Å². The Kier molecular flexibility index (Phi) is 5.38. The van der Waals surface area contributed by atoms with Gasteiger partial charge in [0.2, 0.25) is 0 Å². The number of amides is 1. The third-order valence-corrected chi connectivity index (χ3v) is 3.77. The molecule has 1 saturated heterocycles. The average Bonchev–Trinajstić information content (AvgIpc) is 2.53. The van der Waals surface area contributed by atoms with Crippen LogP contribution in [0.25, 0.3) is 0 Å². The van der Waals surface area contributed by atoms with Crippen LogP contribution in [0.15, 0.2) is 24.3 Å². The molecule has 20 heavy (non-hydrogen) atoms. The molecule has 0 aromatic heterocycles. The monoisotopic (exact) mass is 279 g/mol. The van der Waals surface area contributed by atoms with Crippen LogP contribution >= 0.6 is 0 Å². The second-order valence-electron chi connectivity index (χ2n) is 5.06. The molecule has 2 N–H and O–H groups in total. The van der Waals surface area contributed by atoms with Gasteiger partial charge < -0.3 is 19.7 Å². The van der Waals surface area contributed by atoms with E-state index in [4.69, 9.17) is 9.47 Å². The van der Waals surface area contributed by atoms with Gasteiger partial charge in [-0.1, -0.05) is 12.1 Å². The number of methoxy groups -OCH3 is 1. The standard InChI is InChI=1S/C15H22N2O3/c1-12(17-7-9-20-10-8-17)15(18)16-11-13-3-5-14(19-2)6-4-13/h3-6,12H,7-11H2,1-2H3,(H,16,18)/p+1/t12-/m0/s1. The molecular weight excluding hydrogens is 256 g/mol. The van der Waals surface area contributed by atoms with Gasteiger partial charge in [0.15, 0.2) is 6.04 Å². The van der Waals surface area contributed by atoms with Crippen molar-refractivity contribution < 1.29 is 19.2 Å². The van der Waals surface area contributed by atoms with Gasteiger partial charge in [0, 0.05) is 6.54 Å². The number of quaternary nitrogens is 1. The lowest BCUT2D eigenvalue weighted by molar-refractivity contribution is -0.921. The molecule has 0 aliphatic carbocycles. The lowest BCUT2D eigenvalue weighted by Gasteiger charge is -2.28. The first kappa shape index (κ1) is 14.8. The molecule has 1 aromatic rings. The van der Waals surface area contributed by atoms with E-state index in [1.54, 1.807) is 7.11 Å². The first-order valence-electron chi connectivity index (χ1n) is 7.03. The summed E-state index contributed by atoms with van der Waals surface area (Å²) >= 11 is 0. The van der Waals surface area contributed by atoms with E-state index in [9.17, 15) is 4.79 Å². The molecule has 1 atom stereocenters. The number of ether oxygens (including phenoxy) is 2. The fraction of sp³-hybridized carbons (Fsp3) is 0.533. The SMILES string of the molecule is COc1ccc(CNC(=O)[C@H](C)[NH+]2CCOCC2)cc1. The van der Waals surface area contributed by atoms with Crippen LogP contribution in [0.4, 0.5) is 0 Å². The summed E-state index contributed by atoms with van der Waals surface area (Å²) in [5.74, 6) is 0.920. The Labute approximate surface area is 119 Å². The van der Waals surface area contributed by atoms with E-state index in [0.717, 1.165) is 37.6 Å². The summed E-state index contributed by atoms with van der Waals surface area (Å²) in [6, 6.07) is 7.70. The van der Waals surface area contributed by atoms with Gasteiger partial charge in [-0.05, 0) is 24.6 Å². The minimum Gasteiger partial charge on any atom is -0.497 e. The highest BCUT2D eigenvalue weighted by Gasteiger charge is 2.26. The predicted molar refractivity (Wildman–Crippen MR) is 75.8 cm³/mol. The van der Waals surface area contributed by atoms with Crippen molar-refractivity contribution in [2.45, 2.75) is 19.5 Å². The van der Waals surface area contributed by atoms with E-state index >= 15 is 0 Å². The van der Waals surface area contributed by atoms with Gasteiger partial charge in [0.1, 0.15) is 18.8 Å². The molecule has 5 heteroatoms. The molecule has 0 spiro atoms. The molecule has 1 fully saturated rings. The minimum atomic E-state index is -0.0304. The maximum atomic E-state index is 12.1. The first-order valence-corrected chi connectivity index (χ1v) is 7.03. The summed E-state index contributed by atoms with van der Waals surface area (Å²) in [6.07, 6.45) is 0. The van der Waals surface area contributed by atoms with Crippen LogP contribution in [-0.2, 0) is 16.1 Å². The Morgan fingerprint density at radius 1 is 1.35 bits per heavy atom. The van der Waals surface area contributed by atoms with Crippen LogP contribution in [0.3, 0.4) is 0 Å². The maximum Gasteiger partial charge on any atom is 0.278 e. The molecule has 1 amide bonds. The molecule has 1 heterocycles. The molecule has 0 bridgehead atoms. The highest BCUT2D eigenvalue weighted by atomic mass is 16.5. The highest BCUT2D eigenvalue weighted by molar-refractivity contribution is 5.79. The van der Waals surface area contributed by atoms with Crippen LogP contribution < -0.4 is 15.0 Å². The first-order chi connectivity index (χ1) is 9.70. The molecule has 1 aliphatic heterocycles. The van der Waals surface area contributed by atoms with E-state index in [-0.39, 0.29) is 11.9 Å². The normalized spacial score (nSPS) is 17.5. The van der Waals surface area contributed by atoms with Crippen molar-refractivity contribution in [3.63, 3.8) is 0 Å². The Hall–Kier alpha value is -1.59. The summed E-state index contributed by atoms with van der Waals surface area (Å²) in [4.78, 5) is 13.4. The van der Waals surface area contributed by atoms with Crippen molar-refractivity contribution >= 4 is 5.91 Å². The van der Waals surface area contributed by atoms with E-state index in [1.165, 1.54) is 4.90 Å². The fourth-order valence-electron chi connectivity index (χ4n) is 2.34. The zero-order chi connectivity index (χ0) is 14.4. The fourth-order valence-corrected chi connectivity index (χ4v) is 2.34. The van der Waals surface area contributed by atoms with Crippen molar-refractivity contribution in [1.29, 1.82) is 0 Å². The highest BCUT2D eigenvalue weighted by Crippen LogP contribution is 2.10. The van der Waals surface area contributed by atoms with Crippen LogP contribution in [0.2, 0.25) is 0 Å². The maximum absolute atomic E-state index is 12.1. The predicted octanol–water partition coefficient (Wildman–Crippen LogP) is -0.385. The number of carbonyl (C=O) groups excluding carboxylic acids is 1. The van der Waals surface area contributed by atoms with E-state index in [2.05, 4.69) is 5.32 Å². The quantitative estimate of drug-likeness (QED) is 0.772. The smallest absolute Gasteiger partial charge is 0.278 e. The summed E-state index contributed by atoms with van der Waals surface area (Å²) in [5.41, 5.74) is 1.07. The Morgan fingerprint density at radius 2 is 2.00 bits per heavy atom. The van der Waals surface area contributed by atoms with Gasteiger partial charge in [-0.2, -0.15) is 0 Å². The summed E-state index contributed by atoms with van der Waals surface area (Å²) < 4.78 is 10.4. The Bertz CT molecular complexity index is 427. The second kappa shape index (κ2) is 7.26. The number of hydrogen-bond acceptors (Lipinski definition) is 3. The number of carbonyl (C=O) groups is 1. The number of morpholine rings is 1. The van der Waals surface area contributed by atoms with Crippen LogP contribution in [0, 0.1) is 0 Å². The van der Waals surface area contributed by atoms with Crippen molar-refractivity contribution in [1.82, 2.24) is 5.32 Å². The van der Waals surface area contributed by atoms with Gasteiger partial charge in [-0.25, -0.2) is 0 Å². The van der Waals surface area contributed by atoms with Crippen molar-refractivity contribution in [3.8, 4) is 5.75 Å². The summed E-state index contributed by atoms with van der Waals surface area (Å²) in [5, 5.41) is 2.99. The van der Waals surface area contributed by atoms with Crippen molar-refractivity contribution in [3.05, 3.63) is 29.8 Å². The molecule has 0 radical (unpaired) electrons. The molecular formula is C15H23N2O3+. The average molecular weight is 279 g/mol. The zero-order valence-electron chi connectivity index (χ0n) is 12.1. The zero-order valence-corrected chi connectivity index (χ0v) is 12.1. The minimum absolute atomic E-state index is 0.0304. The Morgan fingerprint density at radius 3 is 2.60 bits per heavy atom. The molecule has 0 saturated carbocycles. The topological polar surface area (TPSA) is 52.0 Å². The number of benzene rings is 1. The largest absolute Gasteiger partial charge is 0.497 e. The van der Waals surface area contributed by atoms with Crippen LogP contribution in [-0.4, -0.2) is 45.4 Å². The number of rotatable bonds is 5. The second-order valence-corrected chi connectivity index (χ2v) is 5.06.